The molecule has 1 amide bonds. The minimum atomic E-state index is -0.296. The van der Waals surface area contributed by atoms with Gasteiger partial charge in [-0.2, -0.15) is 0 Å². The molecule has 0 fully saturated rings. The average Bonchev–Trinajstić information content (AvgIpc) is 3.02. The van der Waals surface area contributed by atoms with Crippen LogP contribution in [-0.4, -0.2) is 31.1 Å². The number of amides is 1. The Kier molecular flexibility index (Phi) is 4.78. The van der Waals surface area contributed by atoms with Crippen LogP contribution >= 0.6 is 23.4 Å². The monoisotopic (exact) mass is 347 g/mol. The first-order valence-corrected chi connectivity index (χ1v) is 8.22. The molecule has 0 aliphatic carbocycles. The van der Waals surface area contributed by atoms with Crippen molar-refractivity contribution in [2.24, 2.45) is 0 Å². The van der Waals surface area contributed by atoms with Crippen molar-refractivity contribution in [1.82, 2.24) is 25.3 Å². The first kappa shape index (κ1) is 15.8. The highest BCUT2D eigenvalue weighted by Crippen LogP contribution is 2.26. The Morgan fingerprint density at radius 2 is 2.26 bits per heavy atom. The molecule has 2 N–H and O–H groups in total. The van der Waals surface area contributed by atoms with Crippen molar-refractivity contribution in [2.75, 3.05) is 0 Å². The molecule has 2 aromatic heterocycles. The highest BCUT2D eigenvalue weighted by atomic mass is 35.5. The summed E-state index contributed by atoms with van der Waals surface area (Å²) in [4.78, 5) is 27.6. The van der Waals surface area contributed by atoms with E-state index in [-0.39, 0.29) is 11.2 Å². The maximum absolute atomic E-state index is 12.2. The maximum atomic E-state index is 12.2. The van der Waals surface area contributed by atoms with Crippen molar-refractivity contribution in [1.29, 1.82) is 0 Å². The van der Waals surface area contributed by atoms with E-state index in [2.05, 4.69) is 25.3 Å². The molecule has 8 heteroatoms. The Balaban J connectivity index is 1.62. The van der Waals surface area contributed by atoms with Gasteiger partial charge in [-0.15, -0.1) is 0 Å². The van der Waals surface area contributed by atoms with Gasteiger partial charge in [-0.1, -0.05) is 35.5 Å². The van der Waals surface area contributed by atoms with E-state index in [0.29, 0.717) is 22.2 Å². The van der Waals surface area contributed by atoms with Crippen molar-refractivity contribution < 1.29 is 4.79 Å². The van der Waals surface area contributed by atoms with E-state index in [1.165, 1.54) is 18.1 Å². The van der Waals surface area contributed by atoms with Crippen molar-refractivity contribution >= 4 is 40.4 Å². The van der Waals surface area contributed by atoms with Crippen molar-refractivity contribution in [3.63, 3.8) is 0 Å². The van der Waals surface area contributed by atoms with Gasteiger partial charge < -0.3 is 10.3 Å². The van der Waals surface area contributed by atoms with Gasteiger partial charge >= 0.3 is 0 Å². The number of aromatic nitrogens is 4. The first-order chi connectivity index (χ1) is 11.1. The van der Waals surface area contributed by atoms with Crippen LogP contribution in [0.4, 0.5) is 0 Å². The summed E-state index contributed by atoms with van der Waals surface area (Å²) in [5.41, 5.74) is 2.29. The minimum Gasteiger partial charge on any atom is -0.351 e. The van der Waals surface area contributed by atoms with E-state index in [1.807, 2.05) is 25.1 Å². The lowest BCUT2D eigenvalue weighted by Crippen LogP contribution is -2.30. The minimum absolute atomic E-state index is 0.0683. The number of hydrogen-bond acceptors (Lipinski definition) is 5. The number of halogens is 1. The Morgan fingerprint density at radius 1 is 1.39 bits per heavy atom. The van der Waals surface area contributed by atoms with Crippen LogP contribution in [0.15, 0.2) is 41.9 Å². The van der Waals surface area contributed by atoms with Gasteiger partial charge in [0, 0.05) is 11.6 Å². The normalized spacial score (nSPS) is 12.3. The van der Waals surface area contributed by atoms with Crippen LogP contribution < -0.4 is 5.32 Å². The molecule has 1 unspecified atom stereocenters. The fraction of sp³-hybridized carbons (Fsp3) is 0.200. The van der Waals surface area contributed by atoms with Gasteiger partial charge in [0.15, 0.2) is 5.65 Å². The van der Waals surface area contributed by atoms with Gasteiger partial charge in [-0.3, -0.25) is 4.79 Å². The Labute approximate surface area is 142 Å². The molecule has 0 aliphatic rings. The van der Waals surface area contributed by atoms with E-state index in [9.17, 15) is 4.79 Å². The van der Waals surface area contributed by atoms with Gasteiger partial charge in [0.05, 0.1) is 11.6 Å². The molecule has 1 atom stereocenters. The molecule has 6 nitrogen and oxygen atoms in total. The predicted octanol–water partition coefficient (Wildman–Crippen LogP) is 2.80. The summed E-state index contributed by atoms with van der Waals surface area (Å²) in [5, 5.41) is 3.97. The summed E-state index contributed by atoms with van der Waals surface area (Å²) in [7, 11) is 0. The van der Waals surface area contributed by atoms with E-state index >= 15 is 0 Å². The van der Waals surface area contributed by atoms with Crippen LogP contribution in [0.1, 0.15) is 12.5 Å². The van der Waals surface area contributed by atoms with Gasteiger partial charge in [-0.25, -0.2) is 15.0 Å². The maximum Gasteiger partial charge on any atom is 0.233 e. The third kappa shape index (κ3) is 3.80. The molecule has 0 aliphatic heterocycles. The van der Waals surface area contributed by atoms with Crippen LogP contribution in [0.25, 0.3) is 11.2 Å². The lowest BCUT2D eigenvalue weighted by molar-refractivity contribution is -0.120. The predicted molar refractivity (Wildman–Crippen MR) is 90.3 cm³/mol. The number of hydrogen-bond donors (Lipinski definition) is 2. The Hall–Kier alpha value is -2.12. The molecule has 0 saturated carbocycles. The molecular formula is C15H14ClN5OS. The number of carbonyl (C=O) groups is 1. The van der Waals surface area contributed by atoms with E-state index < -0.39 is 0 Å². The van der Waals surface area contributed by atoms with Crippen molar-refractivity contribution in [3.8, 4) is 0 Å². The summed E-state index contributed by atoms with van der Waals surface area (Å²) in [6.07, 6.45) is 3.01. The van der Waals surface area contributed by atoms with Gasteiger partial charge in [-0.05, 0) is 24.6 Å². The molecule has 3 rings (SSSR count). The second-order valence-electron chi connectivity index (χ2n) is 4.89. The Morgan fingerprint density at radius 3 is 3.09 bits per heavy atom. The molecule has 23 heavy (non-hydrogen) atoms. The molecule has 0 radical (unpaired) electrons. The highest BCUT2D eigenvalue weighted by Gasteiger charge is 2.17. The molecule has 0 bridgehead atoms. The number of benzene rings is 1. The van der Waals surface area contributed by atoms with Crippen LogP contribution in [-0.2, 0) is 11.3 Å². The number of rotatable bonds is 5. The topological polar surface area (TPSA) is 83.6 Å². The number of carbonyl (C=O) groups excluding carboxylic acids is 1. The second-order valence-corrected chi connectivity index (χ2v) is 6.65. The molecular weight excluding hydrogens is 334 g/mol. The third-order valence-corrected chi connectivity index (χ3v) is 4.54. The number of imidazole rings is 1. The van der Waals surface area contributed by atoms with Gasteiger partial charge in [0.1, 0.15) is 16.9 Å². The summed E-state index contributed by atoms with van der Waals surface area (Å²) in [6.45, 7) is 2.27. The van der Waals surface area contributed by atoms with Crippen LogP contribution in [0, 0.1) is 0 Å². The molecule has 3 aromatic rings. The molecule has 0 spiro atoms. The standard InChI is InChI=1S/C15H14ClN5OS/c1-9(14(22)17-6-10-3-2-4-11(16)5-10)23-15-12-13(19-7-18-12)20-8-21-15/h2-5,7-9H,6H2,1H3,(H,17,22)(H,18,19,20,21). The summed E-state index contributed by atoms with van der Waals surface area (Å²) in [6, 6.07) is 7.41. The van der Waals surface area contributed by atoms with Crippen molar-refractivity contribution in [3.05, 3.63) is 47.5 Å². The average molecular weight is 348 g/mol. The lowest BCUT2D eigenvalue weighted by Gasteiger charge is -2.12. The zero-order valence-electron chi connectivity index (χ0n) is 12.3. The Bertz CT molecular complexity index is 837. The molecule has 0 saturated heterocycles. The molecule has 118 valence electrons. The molecule has 1 aromatic carbocycles. The lowest BCUT2D eigenvalue weighted by atomic mass is 10.2. The SMILES string of the molecule is CC(Sc1ncnc2nc[nH]c12)C(=O)NCc1cccc(Cl)c1. The summed E-state index contributed by atoms with van der Waals surface area (Å²) in [5.74, 6) is -0.0683. The zero-order chi connectivity index (χ0) is 16.2. The number of H-pyrrole nitrogens is 1. The number of nitrogens with one attached hydrogen (secondary N) is 2. The van der Waals surface area contributed by atoms with Crippen LogP contribution in [0.2, 0.25) is 5.02 Å². The highest BCUT2D eigenvalue weighted by molar-refractivity contribution is 8.00. The number of thioether (sulfide) groups is 1. The third-order valence-electron chi connectivity index (χ3n) is 3.20. The first-order valence-electron chi connectivity index (χ1n) is 6.96. The summed E-state index contributed by atoms with van der Waals surface area (Å²) < 4.78 is 0. The fourth-order valence-corrected chi connectivity index (χ4v) is 3.15. The smallest absolute Gasteiger partial charge is 0.233 e. The number of fused-ring (bicyclic) bond motifs is 1. The fourth-order valence-electron chi connectivity index (χ4n) is 2.03. The van der Waals surface area contributed by atoms with E-state index in [4.69, 9.17) is 11.6 Å². The quantitative estimate of drug-likeness (QED) is 0.547. The van der Waals surface area contributed by atoms with Gasteiger partial charge in [0.2, 0.25) is 5.91 Å². The second kappa shape index (κ2) is 6.97. The van der Waals surface area contributed by atoms with Crippen LogP contribution in [0.3, 0.4) is 0 Å². The number of aromatic amines is 1. The zero-order valence-corrected chi connectivity index (χ0v) is 13.9. The van der Waals surface area contributed by atoms with Crippen LogP contribution in [0.5, 0.6) is 0 Å². The van der Waals surface area contributed by atoms with Gasteiger partial charge in [0.25, 0.3) is 0 Å². The largest absolute Gasteiger partial charge is 0.351 e. The van der Waals surface area contributed by atoms with E-state index in [1.54, 1.807) is 12.4 Å². The molecule has 2 heterocycles. The van der Waals surface area contributed by atoms with Crippen molar-refractivity contribution in [2.45, 2.75) is 23.7 Å². The summed E-state index contributed by atoms with van der Waals surface area (Å²) >= 11 is 7.30. The number of nitrogens with zero attached hydrogens (tertiary/aromatic N) is 3. The van der Waals surface area contributed by atoms with E-state index in [0.717, 1.165) is 11.1 Å².